The summed E-state index contributed by atoms with van der Waals surface area (Å²) >= 11 is 0. The standard InChI is InChI=1S/C13H18N2/c1-15-7-6-10-8-14-9-12(10)11-4-2-3-5-13(11)15/h2-5,10,12,14H,6-9H2,1H3/t10-,12-/m0/s1. The van der Waals surface area contributed by atoms with Gasteiger partial charge in [-0.3, -0.25) is 0 Å². The zero-order chi connectivity index (χ0) is 10.3. The van der Waals surface area contributed by atoms with Gasteiger partial charge in [-0.2, -0.15) is 0 Å². The normalized spacial score (nSPS) is 29.5. The number of nitrogens with zero attached hydrogens (tertiary/aromatic N) is 1. The summed E-state index contributed by atoms with van der Waals surface area (Å²) < 4.78 is 0. The summed E-state index contributed by atoms with van der Waals surface area (Å²) in [6.07, 6.45) is 1.32. The van der Waals surface area contributed by atoms with E-state index in [1.165, 1.54) is 25.2 Å². The topological polar surface area (TPSA) is 15.3 Å². The van der Waals surface area contributed by atoms with Crippen molar-refractivity contribution in [3.05, 3.63) is 29.8 Å². The van der Waals surface area contributed by atoms with Crippen molar-refractivity contribution in [1.82, 2.24) is 5.32 Å². The van der Waals surface area contributed by atoms with Crippen LogP contribution >= 0.6 is 0 Å². The van der Waals surface area contributed by atoms with Crippen LogP contribution in [0.3, 0.4) is 0 Å². The summed E-state index contributed by atoms with van der Waals surface area (Å²) in [5.74, 6) is 1.59. The van der Waals surface area contributed by atoms with E-state index in [0.717, 1.165) is 18.4 Å². The second-order valence-corrected chi connectivity index (χ2v) is 4.79. The van der Waals surface area contributed by atoms with Crippen molar-refractivity contribution in [2.75, 3.05) is 31.6 Å². The molecule has 0 saturated carbocycles. The molecule has 2 heterocycles. The van der Waals surface area contributed by atoms with Gasteiger partial charge in [0, 0.05) is 31.7 Å². The van der Waals surface area contributed by atoms with Gasteiger partial charge in [-0.1, -0.05) is 18.2 Å². The van der Waals surface area contributed by atoms with E-state index in [-0.39, 0.29) is 0 Å². The Kier molecular flexibility index (Phi) is 2.17. The van der Waals surface area contributed by atoms with Crippen LogP contribution in [-0.2, 0) is 0 Å². The number of rotatable bonds is 0. The molecule has 2 nitrogen and oxygen atoms in total. The van der Waals surface area contributed by atoms with Crippen molar-refractivity contribution in [2.24, 2.45) is 5.92 Å². The molecule has 0 radical (unpaired) electrons. The average Bonchev–Trinajstić information content (AvgIpc) is 2.69. The monoisotopic (exact) mass is 202 g/mol. The molecule has 0 bridgehead atoms. The molecule has 2 heteroatoms. The molecule has 1 fully saturated rings. The van der Waals surface area contributed by atoms with Gasteiger partial charge in [0.05, 0.1) is 0 Å². The molecule has 1 aromatic carbocycles. The summed E-state index contributed by atoms with van der Waals surface area (Å²) in [4.78, 5) is 2.41. The van der Waals surface area contributed by atoms with Crippen LogP contribution in [0.2, 0.25) is 0 Å². The Labute approximate surface area is 91.3 Å². The Hall–Kier alpha value is -1.02. The van der Waals surface area contributed by atoms with Crippen molar-refractivity contribution < 1.29 is 0 Å². The molecule has 1 N–H and O–H groups in total. The van der Waals surface area contributed by atoms with Crippen LogP contribution in [0.5, 0.6) is 0 Å². The van der Waals surface area contributed by atoms with Crippen LogP contribution in [0.1, 0.15) is 17.9 Å². The molecule has 1 saturated heterocycles. The Bertz CT molecular complexity index is 361. The van der Waals surface area contributed by atoms with E-state index in [0.29, 0.717) is 0 Å². The molecule has 0 unspecified atom stereocenters. The van der Waals surface area contributed by atoms with Gasteiger partial charge >= 0.3 is 0 Å². The zero-order valence-corrected chi connectivity index (χ0v) is 9.24. The first kappa shape index (κ1) is 9.22. The lowest BCUT2D eigenvalue weighted by atomic mass is 9.87. The minimum Gasteiger partial charge on any atom is -0.374 e. The zero-order valence-electron chi connectivity index (χ0n) is 9.24. The van der Waals surface area contributed by atoms with Crippen molar-refractivity contribution in [3.63, 3.8) is 0 Å². The lowest BCUT2D eigenvalue weighted by Gasteiger charge is -2.20. The smallest absolute Gasteiger partial charge is 0.0399 e. The number of hydrogen-bond acceptors (Lipinski definition) is 2. The van der Waals surface area contributed by atoms with Gasteiger partial charge in [0.15, 0.2) is 0 Å². The van der Waals surface area contributed by atoms with Gasteiger partial charge in [-0.15, -0.1) is 0 Å². The predicted octanol–water partition coefficient (Wildman–Crippen LogP) is 1.83. The molecule has 15 heavy (non-hydrogen) atoms. The number of benzene rings is 1. The van der Waals surface area contributed by atoms with Gasteiger partial charge in [0.1, 0.15) is 0 Å². The van der Waals surface area contributed by atoms with Gasteiger partial charge in [0.2, 0.25) is 0 Å². The first-order valence-electron chi connectivity index (χ1n) is 5.87. The van der Waals surface area contributed by atoms with Crippen LogP contribution in [0.4, 0.5) is 5.69 Å². The maximum atomic E-state index is 3.53. The van der Waals surface area contributed by atoms with E-state index < -0.39 is 0 Å². The second-order valence-electron chi connectivity index (χ2n) is 4.79. The fourth-order valence-corrected chi connectivity index (χ4v) is 3.03. The van der Waals surface area contributed by atoms with Crippen LogP contribution in [-0.4, -0.2) is 26.7 Å². The molecule has 80 valence electrons. The Morgan fingerprint density at radius 1 is 1.27 bits per heavy atom. The van der Waals surface area contributed by atoms with E-state index in [1.807, 2.05) is 0 Å². The third-order valence-electron chi connectivity index (χ3n) is 3.92. The third kappa shape index (κ3) is 1.44. The lowest BCUT2D eigenvalue weighted by Crippen LogP contribution is -2.20. The van der Waals surface area contributed by atoms with Crippen molar-refractivity contribution >= 4 is 5.69 Å². The molecule has 0 amide bonds. The maximum absolute atomic E-state index is 3.53. The molecule has 0 aromatic heterocycles. The number of hydrogen-bond donors (Lipinski definition) is 1. The fraction of sp³-hybridized carbons (Fsp3) is 0.538. The minimum atomic E-state index is 0.742. The molecule has 0 aliphatic carbocycles. The van der Waals surface area contributed by atoms with E-state index in [2.05, 4.69) is 41.5 Å². The molecule has 1 aromatic rings. The Balaban J connectivity index is 2.07. The van der Waals surface area contributed by atoms with Crippen LogP contribution < -0.4 is 10.2 Å². The molecule has 0 spiro atoms. The first-order chi connectivity index (χ1) is 7.36. The largest absolute Gasteiger partial charge is 0.374 e. The van der Waals surface area contributed by atoms with Gasteiger partial charge in [-0.25, -0.2) is 0 Å². The number of fused-ring (bicyclic) bond motifs is 3. The first-order valence-corrected chi connectivity index (χ1v) is 5.87. The summed E-state index contributed by atoms with van der Waals surface area (Å²) in [7, 11) is 2.22. The van der Waals surface area contributed by atoms with Crippen molar-refractivity contribution in [1.29, 1.82) is 0 Å². The summed E-state index contributed by atoms with van der Waals surface area (Å²) in [6, 6.07) is 8.89. The van der Waals surface area contributed by atoms with Gasteiger partial charge in [-0.05, 0) is 30.5 Å². The fourth-order valence-electron chi connectivity index (χ4n) is 3.03. The summed E-state index contributed by atoms with van der Waals surface area (Å²) in [5.41, 5.74) is 2.99. The highest BCUT2D eigenvalue weighted by Gasteiger charge is 2.32. The quantitative estimate of drug-likeness (QED) is 0.690. The van der Waals surface area contributed by atoms with Gasteiger partial charge in [0.25, 0.3) is 0 Å². The van der Waals surface area contributed by atoms with Crippen molar-refractivity contribution in [2.45, 2.75) is 12.3 Å². The van der Waals surface area contributed by atoms with E-state index in [9.17, 15) is 0 Å². The second kappa shape index (κ2) is 3.53. The van der Waals surface area contributed by atoms with Crippen molar-refractivity contribution in [3.8, 4) is 0 Å². The molecule has 2 aliphatic rings. The van der Waals surface area contributed by atoms with E-state index in [1.54, 1.807) is 5.56 Å². The Morgan fingerprint density at radius 3 is 3.07 bits per heavy atom. The lowest BCUT2D eigenvalue weighted by molar-refractivity contribution is 0.496. The van der Waals surface area contributed by atoms with Crippen LogP contribution in [0, 0.1) is 5.92 Å². The van der Waals surface area contributed by atoms with Gasteiger partial charge < -0.3 is 10.2 Å². The highest BCUT2D eigenvalue weighted by atomic mass is 15.1. The minimum absolute atomic E-state index is 0.742. The SMILES string of the molecule is CN1CC[C@H]2CNC[C@@H]2c2ccccc21. The third-order valence-corrected chi connectivity index (χ3v) is 3.92. The molecular formula is C13H18N2. The summed E-state index contributed by atoms with van der Waals surface area (Å²) in [6.45, 7) is 3.56. The molecular weight excluding hydrogens is 184 g/mol. The number of nitrogens with one attached hydrogen (secondary N) is 1. The molecule has 2 aliphatic heterocycles. The molecule has 3 rings (SSSR count). The number of anilines is 1. The highest BCUT2D eigenvalue weighted by molar-refractivity contribution is 5.56. The van der Waals surface area contributed by atoms with Crippen LogP contribution in [0.25, 0.3) is 0 Å². The molecule has 2 atom stereocenters. The predicted molar refractivity (Wildman–Crippen MR) is 63.4 cm³/mol. The van der Waals surface area contributed by atoms with E-state index >= 15 is 0 Å². The Morgan fingerprint density at radius 2 is 2.13 bits per heavy atom. The van der Waals surface area contributed by atoms with Crippen LogP contribution in [0.15, 0.2) is 24.3 Å². The average molecular weight is 202 g/mol. The maximum Gasteiger partial charge on any atom is 0.0399 e. The summed E-state index contributed by atoms with van der Waals surface area (Å²) in [5, 5.41) is 3.53. The highest BCUT2D eigenvalue weighted by Crippen LogP contribution is 2.38. The van der Waals surface area contributed by atoms with E-state index in [4.69, 9.17) is 0 Å². The number of para-hydroxylation sites is 1.